The van der Waals surface area contributed by atoms with E-state index in [2.05, 4.69) is 6.92 Å². The molecular formula is C12H17FOS2. The van der Waals surface area contributed by atoms with Crippen LogP contribution in [-0.2, 0) is 0 Å². The van der Waals surface area contributed by atoms with E-state index in [0.717, 1.165) is 22.8 Å². The minimum Gasteiger partial charge on any atom is -0.396 e. The van der Waals surface area contributed by atoms with Gasteiger partial charge in [0, 0.05) is 28.3 Å². The Hall–Kier alpha value is -0.190. The number of hydrogen-bond donors (Lipinski definition) is 1. The maximum Gasteiger partial charge on any atom is 0.123 e. The normalized spacial score (nSPS) is 12.7. The third kappa shape index (κ3) is 5.77. The van der Waals surface area contributed by atoms with E-state index in [-0.39, 0.29) is 12.4 Å². The lowest BCUT2D eigenvalue weighted by molar-refractivity contribution is 0.289. The molecule has 0 saturated carbocycles. The number of aliphatic hydroxyl groups excluding tert-OH is 1. The summed E-state index contributed by atoms with van der Waals surface area (Å²) in [4.78, 5) is 1.11. The monoisotopic (exact) mass is 260 g/mol. The van der Waals surface area contributed by atoms with Crippen molar-refractivity contribution in [3.63, 3.8) is 0 Å². The number of thioether (sulfide) groups is 2. The fraction of sp³-hybridized carbons (Fsp3) is 0.500. The molecule has 0 aromatic heterocycles. The summed E-state index contributed by atoms with van der Waals surface area (Å²) in [6, 6.07) is 6.59. The van der Waals surface area contributed by atoms with Gasteiger partial charge in [-0.15, -0.1) is 11.8 Å². The number of rotatable bonds is 7. The fourth-order valence-corrected chi connectivity index (χ4v) is 3.16. The number of benzene rings is 1. The minimum atomic E-state index is -0.185. The van der Waals surface area contributed by atoms with Crippen LogP contribution >= 0.6 is 23.5 Å². The summed E-state index contributed by atoms with van der Waals surface area (Å²) in [5.41, 5.74) is 0. The molecule has 1 aromatic carbocycles. The minimum absolute atomic E-state index is 0.185. The fourth-order valence-electron chi connectivity index (χ4n) is 1.20. The predicted molar refractivity (Wildman–Crippen MR) is 70.7 cm³/mol. The van der Waals surface area contributed by atoms with E-state index in [1.165, 1.54) is 12.1 Å². The van der Waals surface area contributed by atoms with Gasteiger partial charge in [-0.25, -0.2) is 4.39 Å². The van der Waals surface area contributed by atoms with E-state index in [1.807, 2.05) is 23.9 Å². The van der Waals surface area contributed by atoms with Gasteiger partial charge in [0.1, 0.15) is 5.82 Å². The molecule has 1 aromatic rings. The van der Waals surface area contributed by atoms with Crippen molar-refractivity contribution in [2.24, 2.45) is 0 Å². The predicted octanol–water partition coefficient (Wildman–Crippen LogP) is 3.42. The van der Waals surface area contributed by atoms with E-state index in [4.69, 9.17) is 5.11 Å². The molecule has 90 valence electrons. The average Bonchev–Trinajstić information content (AvgIpc) is 2.27. The van der Waals surface area contributed by atoms with E-state index in [9.17, 15) is 4.39 Å². The largest absolute Gasteiger partial charge is 0.396 e. The molecule has 1 atom stereocenters. The lowest BCUT2D eigenvalue weighted by Gasteiger charge is -2.08. The maximum atomic E-state index is 12.6. The van der Waals surface area contributed by atoms with Gasteiger partial charge >= 0.3 is 0 Å². The molecule has 1 unspecified atom stereocenters. The number of halogens is 1. The summed E-state index contributed by atoms with van der Waals surface area (Å²) in [5.74, 6) is 1.89. The van der Waals surface area contributed by atoms with Gasteiger partial charge in [0.05, 0.1) is 0 Å². The second-order valence-corrected chi connectivity index (χ2v) is 6.21. The van der Waals surface area contributed by atoms with E-state index >= 15 is 0 Å². The molecule has 1 rings (SSSR count). The van der Waals surface area contributed by atoms with Crippen LogP contribution in [0.15, 0.2) is 29.2 Å². The van der Waals surface area contributed by atoms with E-state index < -0.39 is 0 Å². The highest BCUT2D eigenvalue weighted by atomic mass is 32.2. The van der Waals surface area contributed by atoms with Gasteiger partial charge in [0.2, 0.25) is 0 Å². The van der Waals surface area contributed by atoms with Crippen molar-refractivity contribution in [3.05, 3.63) is 30.1 Å². The first-order valence-electron chi connectivity index (χ1n) is 5.33. The van der Waals surface area contributed by atoms with Crippen molar-refractivity contribution in [1.29, 1.82) is 0 Å². The molecule has 0 aliphatic rings. The molecule has 16 heavy (non-hydrogen) atoms. The highest BCUT2D eigenvalue weighted by Gasteiger charge is 2.01. The van der Waals surface area contributed by atoms with Crippen molar-refractivity contribution < 1.29 is 9.50 Å². The maximum absolute atomic E-state index is 12.6. The Morgan fingerprint density at radius 2 is 1.94 bits per heavy atom. The molecule has 0 amide bonds. The molecule has 0 aliphatic heterocycles. The Balaban J connectivity index is 2.13. The average molecular weight is 260 g/mol. The highest BCUT2D eigenvalue weighted by Crippen LogP contribution is 2.21. The van der Waals surface area contributed by atoms with Crippen LogP contribution in [0.3, 0.4) is 0 Å². The first-order chi connectivity index (χ1) is 7.72. The Kier molecular flexibility index (Phi) is 6.92. The van der Waals surface area contributed by atoms with Crippen LogP contribution in [0.5, 0.6) is 0 Å². The first-order valence-corrected chi connectivity index (χ1v) is 7.36. The van der Waals surface area contributed by atoms with Gasteiger partial charge in [0.25, 0.3) is 0 Å². The van der Waals surface area contributed by atoms with E-state index in [1.54, 1.807) is 11.8 Å². The van der Waals surface area contributed by atoms with Gasteiger partial charge in [-0.05, 0) is 30.7 Å². The quantitative estimate of drug-likeness (QED) is 0.599. The van der Waals surface area contributed by atoms with Crippen molar-refractivity contribution in [2.45, 2.75) is 23.5 Å². The topological polar surface area (TPSA) is 20.2 Å². The second kappa shape index (κ2) is 7.98. The standard InChI is InChI=1S/C12H17FOS2/c1-10(6-7-14)15-8-9-16-12-4-2-11(13)3-5-12/h2-5,10,14H,6-9H2,1H3. The third-order valence-corrected chi connectivity index (χ3v) is 4.62. The molecule has 0 bridgehead atoms. The van der Waals surface area contributed by atoms with Crippen LogP contribution in [-0.4, -0.2) is 28.5 Å². The summed E-state index contributed by atoms with van der Waals surface area (Å²) in [6.45, 7) is 2.39. The molecule has 0 aliphatic carbocycles. The van der Waals surface area contributed by atoms with Crippen LogP contribution in [0, 0.1) is 5.82 Å². The zero-order valence-electron chi connectivity index (χ0n) is 9.36. The Morgan fingerprint density at radius 3 is 2.56 bits per heavy atom. The van der Waals surface area contributed by atoms with Crippen molar-refractivity contribution >= 4 is 23.5 Å². The highest BCUT2D eigenvalue weighted by molar-refractivity contribution is 8.03. The Labute approximate surface area is 105 Å². The molecule has 0 fully saturated rings. The summed E-state index contributed by atoms with van der Waals surface area (Å²) in [5, 5.41) is 9.26. The van der Waals surface area contributed by atoms with Crippen LogP contribution in [0.1, 0.15) is 13.3 Å². The van der Waals surface area contributed by atoms with Crippen LogP contribution in [0.4, 0.5) is 4.39 Å². The van der Waals surface area contributed by atoms with Gasteiger partial charge in [-0.1, -0.05) is 6.92 Å². The molecular weight excluding hydrogens is 243 g/mol. The SMILES string of the molecule is CC(CCO)SCCSc1ccc(F)cc1. The summed E-state index contributed by atoms with van der Waals surface area (Å²) >= 11 is 3.61. The summed E-state index contributed by atoms with van der Waals surface area (Å²) in [6.07, 6.45) is 0.853. The summed E-state index contributed by atoms with van der Waals surface area (Å²) in [7, 11) is 0. The van der Waals surface area contributed by atoms with Crippen molar-refractivity contribution in [2.75, 3.05) is 18.1 Å². The lowest BCUT2D eigenvalue weighted by Crippen LogP contribution is -2.01. The van der Waals surface area contributed by atoms with Crippen molar-refractivity contribution in [3.8, 4) is 0 Å². The molecule has 0 radical (unpaired) electrons. The van der Waals surface area contributed by atoms with Gasteiger partial charge in [-0.3, -0.25) is 0 Å². The molecule has 0 spiro atoms. The molecule has 1 nitrogen and oxygen atoms in total. The van der Waals surface area contributed by atoms with Crippen LogP contribution in [0.25, 0.3) is 0 Å². The van der Waals surface area contributed by atoms with Gasteiger partial charge in [0.15, 0.2) is 0 Å². The van der Waals surface area contributed by atoms with Gasteiger partial charge < -0.3 is 5.11 Å². The molecule has 0 saturated heterocycles. The molecule has 1 N–H and O–H groups in total. The Bertz CT molecular complexity index is 290. The van der Waals surface area contributed by atoms with E-state index in [0.29, 0.717) is 5.25 Å². The van der Waals surface area contributed by atoms with Crippen LogP contribution in [0.2, 0.25) is 0 Å². The molecule has 4 heteroatoms. The number of hydrogen-bond acceptors (Lipinski definition) is 3. The zero-order valence-corrected chi connectivity index (χ0v) is 11.0. The van der Waals surface area contributed by atoms with Crippen LogP contribution < -0.4 is 0 Å². The smallest absolute Gasteiger partial charge is 0.123 e. The third-order valence-electron chi connectivity index (χ3n) is 2.10. The zero-order chi connectivity index (χ0) is 11.8. The second-order valence-electron chi connectivity index (χ2n) is 3.50. The molecule has 0 heterocycles. The first kappa shape index (κ1) is 13.9. The number of aliphatic hydroxyl groups is 1. The van der Waals surface area contributed by atoms with Crippen molar-refractivity contribution in [1.82, 2.24) is 0 Å². The van der Waals surface area contributed by atoms with Gasteiger partial charge in [-0.2, -0.15) is 11.8 Å². The summed E-state index contributed by atoms with van der Waals surface area (Å²) < 4.78 is 12.6. The Morgan fingerprint density at radius 1 is 1.25 bits per heavy atom. The lowest BCUT2D eigenvalue weighted by atomic mass is 10.3.